The van der Waals surface area contributed by atoms with Crippen LogP contribution in [0.3, 0.4) is 0 Å². The van der Waals surface area contributed by atoms with Crippen LogP contribution in [0, 0.1) is 5.41 Å². The van der Waals surface area contributed by atoms with Crippen molar-refractivity contribution in [1.29, 1.82) is 0 Å². The van der Waals surface area contributed by atoms with Gasteiger partial charge in [-0.05, 0) is 36.0 Å². The lowest BCUT2D eigenvalue weighted by molar-refractivity contribution is 0.238. The molecule has 1 saturated carbocycles. The largest absolute Gasteiger partial charge is 0.493 e. The van der Waals surface area contributed by atoms with Gasteiger partial charge in [-0.15, -0.1) is 0 Å². The van der Waals surface area contributed by atoms with Gasteiger partial charge in [0.05, 0.1) is 6.61 Å². The van der Waals surface area contributed by atoms with Crippen LogP contribution in [-0.4, -0.2) is 13.2 Å². The maximum Gasteiger partial charge on any atom is 0.119 e. The first-order valence-corrected chi connectivity index (χ1v) is 6.39. The van der Waals surface area contributed by atoms with Crippen molar-refractivity contribution in [2.45, 2.75) is 39.0 Å². The van der Waals surface area contributed by atoms with Crippen molar-refractivity contribution in [2.75, 3.05) is 13.2 Å². The molecular weight excluding hydrogens is 210 g/mol. The lowest BCUT2D eigenvalue weighted by Gasteiger charge is -2.20. The molecule has 0 atom stereocenters. The topological polar surface area (TPSA) is 35.2 Å². The molecule has 1 aromatic carbocycles. The first kappa shape index (κ1) is 12.4. The van der Waals surface area contributed by atoms with E-state index in [9.17, 15) is 0 Å². The summed E-state index contributed by atoms with van der Waals surface area (Å²) in [6, 6.07) is 8.40. The number of benzene rings is 1. The number of rotatable bonds is 4. The Kier molecular flexibility index (Phi) is 3.17. The molecule has 0 bridgehead atoms. The summed E-state index contributed by atoms with van der Waals surface area (Å²) in [6.45, 7) is 8.15. The van der Waals surface area contributed by atoms with E-state index in [1.807, 2.05) is 6.07 Å². The van der Waals surface area contributed by atoms with Crippen LogP contribution in [0.2, 0.25) is 0 Å². The van der Waals surface area contributed by atoms with E-state index in [-0.39, 0.29) is 10.8 Å². The van der Waals surface area contributed by atoms with Crippen molar-refractivity contribution in [3.8, 4) is 5.75 Å². The third kappa shape index (κ3) is 3.01. The summed E-state index contributed by atoms with van der Waals surface area (Å²) < 4.78 is 5.88. The zero-order valence-electron chi connectivity index (χ0n) is 11.1. The average molecular weight is 233 g/mol. The van der Waals surface area contributed by atoms with Crippen LogP contribution in [0.4, 0.5) is 0 Å². The van der Waals surface area contributed by atoms with Crippen molar-refractivity contribution < 1.29 is 4.74 Å². The Bertz CT molecular complexity index is 388. The van der Waals surface area contributed by atoms with E-state index >= 15 is 0 Å². The zero-order chi connectivity index (χ0) is 12.5. The van der Waals surface area contributed by atoms with Gasteiger partial charge in [-0.25, -0.2) is 0 Å². The van der Waals surface area contributed by atoms with Crippen molar-refractivity contribution in [1.82, 2.24) is 0 Å². The number of hydrogen-bond acceptors (Lipinski definition) is 2. The molecule has 1 fully saturated rings. The van der Waals surface area contributed by atoms with Crippen molar-refractivity contribution in [3.63, 3.8) is 0 Å². The predicted molar refractivity (Wildman–Crippen MR) is 71.4 cm³/mol. The van der Waals surface area contributed by atoms with E-state index < -0.39 is 0 Å². The van der Waals surface area contributed by atoms with E-state index in [1.165, 1.54) is 18.4 Å². The SMILES string of the molecule is CC(C)(C)c1cccc(OCC2(CN)CC2)c1. The molecule has 0 aromatic heterocycles. The Hall–Kier alpha value is -1.02. The summed E-state index contributed by atoms with van der Waals surface area (Å²) in [5.41, 5.74) is 7.51. The molecule has 2 nitrogen and oxygen atoms in total. The second-order valence-corrected chi connectivity index (χ2v) is 6.27. The molecule has 1 aliphatic rings. The van der Waals surface area contributed by atoms with Crippen LogP contribution >= 0.6 is 0 Å². The molecule has 0 heterocycles. The number of hydrogen-bond donors (Lipinski definition) is 1. The first-order valence-electron chi connectivity index (χ1n) is 6.39. The van der Waals surface area contributed by atoms with E-state index in [2.05, 4.69) is 39.0 Å². The zero-order valence-corrected chi connectivity index (χ0v) is 11.1. The molecule has 0 radical (unpaired) electrons. The van der Waals surface area contributed by atoms with Crippen LogP contribution in [0.25, 0.3) is 0 Å². The van der Waals surface area contributed by atoms with Crippen LogP contribution in [0.15, 0.2) is 24.3 Å². The molecule has 17 heavy (non-hydrogen) atoms. The van der Waals surface area contributed by atoms with Gasteiger partial charge in [0.2, 0.25) is 0 Å². The monoisotopic (exact) mass is 233 g/mol. The Morgan fingerprint density at radius 3 is 2.53 bits per heavy atom. The standard InChI is InChI=1S/C15H23NO/c1-14(2,3)12-5-4-6-13(9-12)17-11-15(10-16)7-8-15/h4-6,9H,7-8,10-11,16H2,1-3H3. The van der Waals surface area contributed by atoms with Crippen molar-refractivity contribution in [2.24, 2.45) is 11.1 Å². The summed E-state index contributed by atoms with van der Waals surface area (Å²) in [7, 11) is 0. The third-order valence-electron chi connectivity index (χ3n) is 3.64. The van der Waals surface area contributed by atoms with E-state index in [0.29, 0.717) is 0 Å². The third-order valence-corrected chi connectivity index (χ3v) is 3.64. The second-order valence-electron chi connectivity index (χ2n) is 6.27. The number of ether oxygens (including phenoxy) is 1. The molecule has 0 saturated heterocycles. The van der Waals surface area contributed by atoms with Crippen molar-refractivity contribution in [3.05, 3.63) is 29.8 Å². The van der Waals surface area contributed by atoms with Gasteiger partial charge in [-0.3, -0.25) is 0 Å². The minimum atomic E-state index is 0.171. The molecule has 0 amide bonds. The molecule has 0 spiro atoms. The minimum Gasteiger partial charge on any atom is -0.493 e. The average Bonchev–Trinajstić information content (AvgIpc) is 3.06. The first-order chi connectivity index (χ1) is 7.95. The molecule has 94 valence electrons. The molecule has 1 aromatic rings. The van der Waals surface area contributed by atoms with Gasteiger partial charge in [0.25, 0.3) is 0 Å². The highest BCUT2D eigenvalue weighted by Crippen LogP contribution is 2.44. The smallest absolute Gasteiger partial charge is 0.119 e. The van der Waals surface area contributed by atoms with Gasteiger partial charge >= 0.3 is 0 Å². The molecule has 0 aliphatic heterocycles. The summed E-state index contributed by atoms with van der Waals surface area (Å²) in [4.78, 5) is 0. The van der Waals surface area contributed by atoms with E-state index in [1.54, 1.807) is 0 Å². The molecule has 2 rings (SSSR count). The molecule has 2 N–H and O–H groups in total. The number of nitrogens with two attached hydrogens (primary N) is 1. The molecule has 1 aliphatic carbocycles. The highest BCUT2D eigenvalue weighted by molar-refractivity contribution is 5.32. The Morgan fingerprint density at radius 1 is 1.29 bits per heavy atom. The van der Waals surface area contributed by atoms with Gasteiger partial charge in [0, 0.05) is 12.0 Å². The highest BCUT2D eigenvalue weighted by Gasteiger charge is 2.42. The van der Waals surface area contributed by atoms with Crippen molar-refractivity contribution >= 4 is 0 Å². The Labute approximate surface area is 104 Å². The quantitative estimate of drug-likeness (QED) is 0.867. The van der Waals surface area contributed by atoms with Crippen LogP contribution in [0.5, 0.6) is 5.75 Å². The molecule has 0 unspecified atom stereocenters. The fourth-order valence-corrected chi connectivity index (χ4v) is 1.87. The van der Waals surface area contributed by atoms with Crippen LogP contribution in [-0.2, 0) is 5.41 Å². The highest BCUT2D eigenvalue weighted by atomic mass is 16.5. The molecule has 2 heteroatoms. The lowest BCUT2D eigenvalue weighted by atomic mass is 9.87. The van der Waals surface area contributed by atoms with Gasteiger partial charge < -0.3 is 10.5 Å². The summed E-state index contributed by atoms with van der Waals surface area (Å²) in [5.74, 6) is 0.970. The van der Waals surface area contributed by atoms with Gasteiger partial charge in [-0.2, -0.15) is 0 Å². The minimum absolute atomic E-state index is 0.171. The summed E-state index contributed by atoms with van der Waals surface area (Å²) in [5, 5.41) is 0. The van der Waals surface area contributed by atoms with Gasteiger partial charge in [0.1, 0.15) is 5.75 Å². The maximum atomic E-state index is 5.88. The van der Waals surface area contributed by atoms with Gasteiger partial charge in [-0.1, -0.05) is 32.9 Å². The van der Waals surface area contributed by atoms with Crippen LogP contribution < -0.4 is 10.5 Å². The molecular formula is C15H23NO. The van der Waals surface area contributed by atoms with E-state index in [4.69, 9.17) is 10.5 Å². The van der Waals surface area contributed by atoms with Crippen LogP contribution in [0.1, 0.15) is 39.2 Å². The summed E-state index contributed by atoms with van der Waals surface area (Å²) >= 11 is 0. The lowest BCUT2D eigenvalue weighted by Crippen LogP contribution is -2.23. The fraction of sp³-hybridized carbons (Fsp3) is 0.600. The maximum absolute atomic E-state index is 5.88. The Balaban J connectivity index is 2.02. The fourth-order valence-electron chi connectivity index (χ4n) is 1.87. The summed E-state index contributed by atoms with van der Waals surface area (Å²) in [6.07, 6.45) is 2.42. The van der Waals surface area contributed by atoms with Gasteiger partial charge in [0.15, 0.2) is 0 Å². The second kappa shape index (κ2) is 4.34. The van der Waals surface area contributed by atoms with E-state index in [0.717, 1.165) is 18.9 Å². The predicted octanol–water partition coefficient (Wildman–Crippen LogP) is 3.10. The normalized spacial score (nSPS) is 17.9. The Morgan fingerprint density at radius 2 is 2.00 bits per heavy atom.